The maximum atomic E-state index is 4.31. The zero-order chi connectivity index (χ0) is 11.7. The molecule has 1 aromatic rings. The van der Waals surface area contributed by atoms with Gasteiger partial charge in [-0.25, -0.2) is 4.98 Å². The van der Waals surface area contributed by atoms with Crippen LogP contribution < -0.4 is 5.32 Å². The molecule has 1 saturated carbocycles. The molecule has 5 heteroatoms. The normalized spacial score (nSPS) is 24.5. The van der Waals surface area contributed by atoms with Crippen molar-refractivity contribution in [2.45, 2.75) is 37.8 Å². The summed E-state index contributed by atoms with van der Waals surface area (Å²) in [4.78, 5) is 6.83. The maximum Gasteiger partial charge on any atom is 0.140 e. The van der Waals surface area contributed by atoms with Gasteiger partial charge in [0.25, 0.3) is 0 Å². The van der Waals surface area contributed by atoms with E-state index >= 15 is 0 Å². The van der Waals surface area contributed by atoms with Crippen LogP contribution in [0.15, 0.2) is 6.33 Å². The van der Waals surface area contributed by atoms with Gasteiger partial charge in [-0.15, -0.1) is 0 Å². The molecule has 0 atom stereocenters. The molecular weight excluding hydrogens is 214 g/mol. The summed E-state index contributed by atoms with van der Waals surface area (Å²) in [7, 11) is 1.97. The van der Waals surface area contributed by atoms with Gasteiger partial charge >= 0.3 is 0 Å². The van der Waals surface area contributed by atoms with Gasteiger partial charge in [0.15, 0.2) is 0 Å². The van der Waals surface area contributed by atoms with E-state index in [0.29, 0.717) is 5.54 Å². The van der Waals surface area contributed by atoms with E-state index in [1.165, 1.54) is 32.2 Å². The van der Waals surface area contributed by atoms with E-state index in [2.05, 4.69) is 20.3 Å². The Hall–Kier alpha value is -0.940. The van der Waals surface area contributed by atoms with Gasteiger partial charge in [-0.05, 0) is 12.8 Å². The summed E-state index contributed by atoms with van der Waals surface area (Å²) in [5.74, 6) is 1.07. The molecule has 2 fully saturated rings. The van der Waals surface area contributed by atoms with Crippen molar-refractivity contribution in [2.24, 2.45) is 7.05 Å². The first-order chi connectivity index (χ1) is 8.27. The number of hydrogen-bond donors (Lipinski definition) is 1. The molecule has 1 spiro atoms. The fourth-order valence-corrected chi connectivity index (χ4v) is 3.23. The van der Waals surface area contributed by atoms with E-state index in [0.717, 1.165) is 25.5 Å². The molecule has 1 aromatic heterocycles. The van der Waals surface area contributed by atoms with Crippen LogP contribution in [0.4, 0.5) is 0 Å². The second kappa shape index (κ2) is 4.38. The van der Waals surface area contributed by atoms with Gasteiger partial charge < -0.3 is 5.32 Å². The Bertz CT molecular complexity index is 380. The van der Waals surface area contributed by atoms with Gasteiger partial charge in [0.1, 0.15) is 12.2 Å². The Kier molecular flexibility index (Phi) is 2.88. The SMILES string of the molecule is Cn1ncnc1CN1CCNC2(CCCC2)C1. The van der Waals surface area contributed by atoms with Crippen LogP contribution in [0.2, 0.25) is 0 Å². The molecule has 0 aromatic carbocycles. The third-order valence-electron chi connectivity index (χ3n) is 4.19. The number of nitrogens with one attached hydrogen (secondary N) is 1. The van der Waals surface area contributed by atoms with Gasteiger partial charge in [0.05, 0.1) is 6.54 Å². The fourth-order valence-electron chi connectivity index (χ4n) is 3.23. The lowest BCUT2D eigenvalue weighted by Crippen LogP contribution is -2.58. The largest absolute Gasteiger partial charge is 0.309 e. The van der Waals surface area contributed by atoms with Gasteiger partial charge in [-0.2, -0.15) is 5.10 Å². The highest BCUT2D eigenvalue weighted by Crippen LogP contribution is 2.32. The molecule has 3 rings (SSSR count). The third-order valence-corrected chi connectivity index (χ3v) is 4.19. The highest BCUT2D eigenvalue weighted by Gasteiger charge is 2.37. The second-order valence-corrected chi connectivity index (χ2v) is 5.42. The molecule has 1 N–H and O–H groups in total. The number of nitrogens with zero attached hydrogens (tertiary/aromatic N) is 4. The summed E-state index contributed by atoms with van der Waals surface area (Å²) >= 11 is 0. The van der Waals surface area contributed by atoms with Crippen molar-refractivity contribution in [3.63, 3.8) is 0 Å². The highest BCUT2D eigenvalue weighted by atomic mass is 15.3. The lowest BCUT2D eigenvalue weighted by Gasteiger charge is -2.41. The minimum Gasteiger partial charge on any atom is -0.309 e. The van der Waals surface area contributed by atoms with Crippen molar-refractivity contribution in [2.75, 3.05) is 19.6 Å². The molecule has 1 aliphatic carbocycles. The van der Waals surface area contributed by atoms with Crippen LogP contribution >= 0.6 is 0 Å². The van der Waals surface area contributed by atoms with Crippen molar-refractivity contribution in [3.8, 4) is 0 Å². The summed E-state index contributed by atoms with van der Waals surface area (Å²) in [5, 5.41) is 7.87. The summed E-state index contributed by atoms with van der Waals surface area (Å²) in [6.07, 6.45) is 7.07. The zero-order valence-electron chi connectivity index (χ0n) is 10.5. The predicted molar refractivity (Wildman–Crippen MR) is 65.5 cm³/mol. The first kappa shape index (κ1) is 11.2. The number of rotatable bonds is 2. The molecule has 2 aliphatic rings. The van der Waals surface area contributed by atoms with E-state index in [1.54, 1.807) is 6.33 Å². The lowest BCUT2D eigenvalue weighted by atomic mass is 9.94. The molecule has 0 radical (unpaired) electrons. The van der Waals surface area contributed by atoms with Crippen molar-refractivity contribution in [1.29, 1.82) is 0 Å². The first-order valence-electron chi connectivity index (χ1n) is 6.58. The molecule has 17 heavy (non-hydrogen) atoms. The maximum absolute atomic E-state index is 4.31. The molecule has 5 nitrogen and oxygen atoms in total. The Morgan fingerprint density at radius 3 is 2.94 bits per heavy atom. The third kappa shape index (κ3) is 2.21. The second-order valence-electron chi connectivity index (χ2n) is 5.42. The Labute approximate surface area is 102 Å². The number of aryl methyl sites for hydroxylation is 1. The molecule has 1 saturated heterocycles. The van der Waals surface area contributed by atoms with E-state index in [4.69, 9.17) is 0 Å². The number of hydrogen-bond acceptors (Lipinski definition) is 4. The minimum absolute atomic E-state index is 0.400. The van der Waals surface area contributed by atoms with Crippen LogP contribution in [-0.4, -0.2) is 44.8 Å². The van der Waals surface area contributed by atoms with Crippen LogP contribution in [0.1, 0.15) is 31.5 Å². The highest BCUT2D eigenvalue weighted by molar-refractivity contribution is 4.99. The summed E-state index contributed by atoms with van der Waals surface area (Å²) in [6, 6.07) is 0. The number of piperazine rings is 1. The van der Waals surface area contributed by atoms with E-state index in [1.807, 2.05) is 11.7 Å². The summed E-state index contributed by atoms with van der Waals surface area (Å²) < 4.78 is 1.88. The molecule has 0 amide bonds. The van der Waals surface area contributed by atoms with Gasteiger partial charge in [0.2, 0.25) is 0 Å². The fraction of sp³-hybridized carbons (Fsp3) is 0.833. The van der Waals surface area contributed by atoms with Crippen LogP contribution in [-0.2, 0) is 13.6 Å². The molecule has 0 unspecified atom stereocenters. The average Bonchev–Trinajstić information content (AvgIpc) is 2.91. The topological polar surface area (TPSA) is 46.0 Å². The molecule has 1 aliphatic heterocycles. The van der Waals surface area contributed by atoms with Gasteiger partial charge in [0, 0.05) is 32.2 Å². The Balaban J connectivity index is 1.66. The smallest absolute Gasteiger partial charge is 0.140 e. The summed E-state index contributed by atoms with van der Waals surface area (Å²) in [5.41, 5.74) is 0.400. The van der Waals surface area contributed by atoms with E-state index in [-0.39, 0.29) is 0 Å². The van der Waals surface area contributed by atoms with Crippen molar-refractivity contribution in [3.05, 3.63) is 12.2 Å². The average molecular weight is 235 g/mol. The monoisotopic (exact) mass is 235 g/mol. The van der Waals surface area contributed by atoms with Crippen molar-refractivity contribution < 1.29 is 0 Å². The molecule has 94 valence electrons. The number of aromatic nitrogens is 3. The molecule has 0 bridgehead atoms. The van der Waals surface area contributed by atoms with E-state index in [9.17, 15) is 0 Å². The van der Waals surface area contributed by atoms with Gasteiger partial charge in [-0.3, -0.25) is 9.58 Å². The van der Waals surface area contributed by atoms with Crippen molar-refractivity contribution >= 4 is 0 Å². The van der Waals surface area contributed by atoms with Crippen molar-refractivity contribution in [1.82, 2.24) is 25.0 Å². The van der Waals surface area contributed by atoms with Crippen LogP contribution in [0.25, 0.3) is 0 Å². The van der Waals surface area contributed by atoms with Crippen LogP contribution in [0, 0.1) is 0 Å². The quantitative estimate of drug-likeness (QED) is 0.812. The van der Waals surface area contributed by atoms with Crippen LogP contribution in [0.5, 0.6) is 0 Å². The Morgan fingerprint density at radius 2 is 2.24 bits per heavy atom. The molecule has 2 heterocycles. The standard InChI is InChI=1S/C12H21N5/c1-16-11(13-10-15-16)8-17-7-6-14-12(9-17)4-2-3-5-12/h10,14H,2-9H2,1H3. The summed E-state index contributed by atoms with van der Waals surface area (Å²) in [6.45, 7) is 4.33. The minimum atomic E-state index is 0.400. The molecular formula is C12H21N5. The predicted octanol–water partition coefficient (Wildman–Crippen LogP) is 0.533. The van der Waals surface area contributed by atoms with Crippen LogP contribution in [0.3, 0.4) is 0 Å². The van der Waals surface area contributed by atoms with E-state index < -0.39 is 0 Å². The first-order valence-corrected chi connectivity index (χ1v) is 6.58. The zero-order valence-corrected chi connectivity index (χ0v) is 10.5. The Morgan fingerprint density at radius 1 is 1.41 bits per heavy atom. The van der Waals surface area contributed by atoms with Gasteiger partial charge in [-0.1, -0.05) is 12.8 Å². The lowest BCUT2D eigenvalue weighted by molar-refractivity contribution is 0.125.